The molecule has 4 heteroatoms. The zero-order valence-electron chi connectivity index (χ0n) is 11.2. The fourth-order valence-electron chi connectivity index (χ4n) is 1.94. The van der Waals surface area contributed by atoms with Crippen LogP contribution in [0, 0.1) is 0 Å². The van der Waals surface area contributed by atoms with Crippen molar-refractivity contribution in [1.82, 2.24) is 9.97 Å². The minimum atomic E-state index is 0.512. The van der Waals surface area contributed by atoms with Gasteiger partial charge in [0.05, 0.1) is 12.3 Å². The van der Waals surface area contributed by atoms with E-state index in [2.05, 4.69) is 16.9 Å². The number of aromatic nitrogens is 2. The van der Waals surface area contributed by atoms with Crippen LogP contribution in [-0.4, -0.2) is 16.6 Å². The summed E-state index contributed by atoms with van der Waals surface area (Å²) in [6.45, 7) is 4.82. The van der Waals surface area contributed by atoms with E-state index in [0.29, 0.717) is 11.8 Å². The number of ether oxygens (including phenoxy) is 1. The van der Waals surface area contributed by atoms with Gasteiger partial charge < -0.3 is 4.74 Å². The van der Waals surface area contributed by atoms with E-state index < -0.39 is 0 Å². The standard InChI is InChI=1S/C15H17ClN2O/c1-3-9-19-13-8-6-5-7-12(13)14-11(4-2)15(16)18-10-17-14/h5-8,10H,3-4,9H2,1-2H3. The van der Waals surface area contributed by atoms with Gasteiger partial charge in [-0.3, -0.25) is 0 Å². The zero-order valence-corrected chi connectivity index (χ0v) is 11.9. The summed E-state index contributed by atoms with van der Waals surface area (Å²) in [7, 11) is 0. The highest BCUT2D eigenvalue weighted by molar-refractivity contribution is 6.30. The molecule has 0 saturated carbocycles. The van der Waals surface area contributed by atoms with Crippen LogP contribution in [0.15, 0.2) is 30.6 Å². The average molecular weight is 277 g/mol. The summed E-state index contributed by atoms with van der Waals surface area (Å²) in [6.07, 6.45) is 3.25. The van der Waals surface area contributed by atoms with E-state index in [4.69, 9.17) is 16.3 Å². The first-order valence-electron chi connectivity index (χ1n) is 6.49. The van der Waals surface area contributed by atoms with Gasteiger partial charge in [0.15, 0.2) is 0 Å². The number of nitrogens with zero attached hydrogens (tertiary/aromatic N) is 2. The second-order valence-corrected chi connectivity index (χ2v) is 4.55. The molecule has 3 nitrogen and oxygen atoms in total. The van der Waals surface area contributed by atoms with Gasteiger partial charge in [-0.15, -0.1) is 0 Å². The first kappa shape index (κ1) is 13.8. The van der Waals surface area contributed by atoms with E-state index in [-0.39, 0.29) is 0 Å². The third kappa shape index (κ3) is 3.04. The molecule has 0 N–H and O–H groups in total. The Bertz CT molecular complexity index is 558. The molecule has 2 aromatic rings. The molecule has 0 saturated heterocycles. The molecule has 0 radical (unpaired) electrons. The van der Waals surface area contributed by atoms with E-state index in [1.807, 2.05) is 31.2 Å². The average Bonchev–Trinajstić information content (AvgIpc) is 2.45. The predicted molar refractivity (Wildman–Crippen MR) is 77.6 cm³/mol. The molecule has 0 aliphatic rings. The minimum Gasteiger partial charge on any atom is -0.493 e. The van der Waals surface area contributed by atoms with Gasteiger partial charge in [0.2, 0.25) is 0 Å². The molecule has 1 heterocycles. The van der Waals surface area contributed by atoms with Crippen molar-refractivity contribution in [2.45, 2.75) is 26.7 Å². The van der Waals surface area contributed by atoms with Crippen molar-refractivity contribution in [3.05, 3.63) is 41.3 Å². The number of halogens is 1. The second-order valence-electron chi connectivity index (χ2n) is 4.19. The lowest BCUT2D eigenvalue weighted by atomic mass is 10.0. The molecule has 0 aliphatic heterocycles. The summed E-state index contributed by atoms with van der Waals surface area (Å²) in [5.41, 5.74) is 2.78. The monoisotopic (exact) mass is 276 g/mol. The maximum Gasteiger partial charge on any atom is 0.136 e. The fraction of sp³-hybridized carbons (Fsp3) is 0.333. The van der Waals surface area contributed by atoms with E-state index in [1.165, 1.54) is 6.33 Å². The van der Waals surface area contributed by atoms with Gasteiger partial charge in [0.1, 0.15) is 17.2 Å². The van der Waals surface area contributed by atoms with Gasteiger partial charge in [-0.25, -0.2) is 9.97 Å². The molecular formula is C15H17ClN2O. The third-order valence-corrected chi connectivity index (χ3v) is 3.18. The Morgan fingerprint density at radius 3 is 2.68 bits per heavy atom. The van der Waals surface area contributed by atoms with Gasteiger partial charge in [0.25, 0.3) is 0 Å². The molecule has 0 aliphatic carbocycles. The van der Waals surface area contributed by atoms with Crippen LogP contribution in [-0.2, 0) is 6.42 Å². The SMILES string of the molecule is CCCOc1ccccc1-c1ncnc(Cl)c1CC. The van der Waals surface area contributed by atoms with Gasteiger partial charge in [-0.2, -0.15) is 0 Å². The lowest BCUT2D eigenvalue weighted by Gasteiger charge is -2.13. The molecule has 0 unspecified atom stereocenters. The smallest absolute Gasteiger partial charge is 0.136 e. The molecule has 0 spiro atoms. The molecule has 2 rings (SSSR count). The maximum atomic E-state index is 6.14. The van der Waals surface area contributed by atoms with Crippen LogP contribution >= 0.6 is 11.6 Å². The van der Waals surface area contributed by atoms with Crippen LogP contribution in [0.5, 0.6) is 5.75 Å². The Balaban J connectivity index is 2.49. The first-order chi connectivity index (χ1) is 9.27. The molecular weight excluding hydrogens is 260 g/mol. The number of benzene rings is 1. The Hall–Kier alpha value is -1.61. The normalized spacial score (nSPS) is 10.5. The molecule has 1 aromatic heterocycles. The number of para-hydroxylation sites is 1. The van der Waals surface area contributed by atoms with Crippen LogP contribution in [0.1, 0.15) is 25.8 Å². The van der Waals surface area contributed by atoms with Crippen LogP contribution in [0.4, 0.5) is 0 Å². The Morgan fingerprint density at radius 2 is 1.95 bits per heavy atom. The summed E-state index contributed by atoms with van der Waals surface area (Å²) in [6, 6.07) is 7.90. The Labute approximate surface area is 118 Å². The largest absolute Gasteiger partial charge is 0.493 e. The van der Waals surface area contributed by atoms with Crippen molar-refractivity contribution in [3.8, 4) is 17.0 Å². The molecule has 0 atom stereocenters. The maximum absolute atomic E-state index is 6.14. The zero-order chi connectivity index (χ0) is 13.7. The molecule has 100 valence electrons. The number of hydrogen-bond donors (Lipinski definition) is 0. The van der Waals surface area contributed by atoms with Crippen molar-refractivity contribution >= 4 is 11.6 Å². The quantitative estimate of drug-likeness (QED) is 0.770. The van der Waals surface area contributed by atoms with Gasteiger partial charge in [-0.1, -0.05) is 37.6 Å². The summed E-state index contributed by atoms with van der Waals surface area (Å²) < 4.78 is 5.78. The van der Waals surface area contributed by atoms with Crippen molar-refractivity contribution < 1.29 is 4.74 Å². The summed E-state index contributed by atoms with van der Waals surface area (Å²) >= 11 is 6.14. The number of hydrogen-bond acceptors (Lipinski definition) is 3. The van der Waals surface area contributed by atoms with Crippen LogP contribution in [0.2, 0.25) is 5.15 Å². The Morgan fingerprint density at radius 1 is 1.16 bits per heavy atom. The number of rotatable bonds is 5. The van der Waals surface area contributed by atoms with E-state index in [9.17, 15) is 0 Å². The van der Waals surface area contributed by atoms with Gasteiger partial charge in [-0.05, 0) is 25.0 Å². The highest BCUT2D eigenvalue weighted by atomic mass is 35.5. The van der Waals surface area contributed by atoms with Gasteiger partial charge in [0, 0.05) is 11.1 Å². The van der Waals surface area contributed by atoms with E-state index in [0.717, 1.165) is 35.4 Å². The molecule has 0 bridgehead atoms. The van der Waals surface area contributed by atoms with Crippen molar-refractivity contribution in [1.29, 1.82) is 0 Å². The van der Waals surface area contributed by atoms with Crippen LogP contribution in [0.25, 0.3) is 11.3 Å². The summed E-state index contributed by atoms with van der Waals surface area (Å²) in [5.74, 6) is 0.841. The predicted octanol–water partition coefficient (Wildman–Crippen LogP) is 4.15. The lowest BCUT2D eigenvalue weighted by Crippen LogP contribution is -2.00. The molecule has 0 fully saturated rings. The van der Waals surface area contributed by atoms with E-state index >= 15 is 0 Å². The van der Waals surface area contributed by atoms with E-state index in [1.54, 1.807) is 0 Å². The minimum absolute atomic E-state index is 0.512. The second kappa shape index (κ2) is 6.53. The van der Waals surface area contributed by atoms with Gasteiger partial charge >= 0.3 is 0 Å². The van der Waals surface area contributed by atoms with Crippen molar-refractivity contribution in [2.24, 2.45) is 0 Å². The highest BCUT2D eigenvalue weighted by Crippen LogP contribution is 2.32. The first-order valence-corrected chi connectivity index (χ1v) is 6.87. The van der Waals surface area contributed by atoms with Crippen LogP contribution in [0.3, 0.4) is 0 Å². The highest BCUT2D eigenvalue weighted by Gasteiger charge is 2.13. The lowest BCUT2D eigenvalue weighted by molar-refractivity contribution is 0.318. The third-order valence-electron chi connectivity index (χ3n) is 2.85. The topological polar surface area (TPSA) is 35.0 Å². The molecule has 0 amide bonds. The molecule has 19 heavy (non-hydrogen) atoms. The Kier molecular flexibility index (Phi) is 4.74. The van der Waals surface area contributed by atoms with Crippen molar-refractivity contribution in [2.75, 3.05) is 6.61 Å². The summed E-state index contributed by atoms with van der Waals surface area (Å²) in [5, 5.41) is 0.512. The summed E-state index contributed by atoms with van der Waals surface area (Å²) in [4.78, 5) is 8.42. The fourth-order valence-corrected chi connectivity index (χ4v) is 2.20. The van der Waals surface area contributed by atoms with Crippen LogP contribution < -0.4 is 4.74 Å². The molecule has 1 aromatic carbocycles. The van der Waals surface area contributed by atoms with Crippen molar-refractivity contribution in [3.63, 3.8) is 0 Å².